The van der Waals surface area contributed by atoms with Crippen LogP contribution < -0.4 is 32.7 Å². The molecule has 0 spiro atoms. The number of primary amides is 2. The Labute approximate surface area is 259 Å². The number of hydrogen-bond acceptors (Lipinski definition) is 7. The number of nitrogens with two attached hydrogens (primary N) is 2. The van der Waals surface area contributed by atoms with Gasteiger partial charge in [-0.1, -0.05) is 46.0 Å². The quantitative estimate of drug-likeness (QED) is 0.228. The van der Waals surface area contributed by atoms with Crippen molar-refractivity contribution in [1.82, 2.24) is 21.3 Å². The zero-order chi connectivity index (χ0) is 32.6. The van der Waals surface area contributed by atoms with Gasteiger partial charge in [0.05, 0.1) is 0 Å². The molecule has 13 heteroatoms. The third kappa shape index (κ3) is 13.7. The van der Waals surface area contributed by atoms with Crippen LogP contribution in [-0.2, 0) is 33.6 Å². The molecule has 2 aliphatic rings. The lowest BCUT2D eigenvalue weighted by Crippen LogP contribution is -2.55. The van der Waals surface area contributed by atoms with Crippen molar-refractivity contribution in [2.24, 2.45) is 29.2 Å². The predicted molar refractivity (Wildman–Crippen MR) is 163 cm³/mol. The fraction of sp³-hybridized carbons (Fsp3) is 0.710. The minimum atomic E-state index is -0.997. The first-order valence-corrected chi connectivity index (χ1v) is 15.8. The van der Waals surface area contributed by atoms with E-state index in [4.69, 9.17) is 11.5 Å². The molecular weight excluding hydrogens is 568 g/mol. The normalized spacial score (nSPS) is 26.6. The van der Waals surface area contributed by atoms with Crippen molar-refractivity contribution in [3.05, 3.63) is 12.2 Å². The summed E-state index contributed by atoms with van der Waals surface area (Å²) in [7, 11) is 0. The second-order valence-electron chi connectivity index (χ2n) is 12.4. The summed E-state index contributed by atoms with van der Waals surface area (Å²) in [4.78, 5) is 89.0. The lowest BCUT2D eigenvalue weighted by atomic mass is 9.84. The van der Waals surface area contributed by atoms with Crippen molar-refractivity contribution >= 4 is 41.2 Å². The number of nitrogens with one attached hydrogen (secondary N) is 4. The Balaban J connectivity index is 2.38. The van der Waals surface area contributed by atoms with Gasteiger partial charge in [-0.2, -0.15) is 0 Å². The van der Waals surface area contributed by atoms with Crippen LogP contribution in [0.3, 0.4) is 0 Å². The van der Waals surface area contributed by atoms with E-state index >= 15 is 0 Å². The van der Waals surface area contributed by atoms with Crippen LogP contribution in [0.2, 0.25) is 0 Å². The molecular formula is C31H50N6O7. The van der Waals surface area contributed by atoms with Crippen molar-refractivity contribution in [1.29, 1.82) is 0 Å². The highest BCUT2D eigenvalue weighted by molar-refractivity contribution is 6.01. The number of allylic oxidation sites excluding steroid dienone is 1. The molecule has 0 unspecified atom stereocenters. The van der Waals surface area contributed by atoms with E-state index in [0.717, 1.165) is 44.3 Å². The fourth-order valence-corrected chi connectivity index (χ4v) is 5.69. The van der Waals surface area contributed by atoms with Crippen molar-refractivity contribution in [3.8, 4) is 0 Å². The molecule has 1 aliphatic carbocycles. The van der Waals surface area contributed by atoms with Crippen LogP contribution in [0.25, 0.3) is 0 Å². The van der Waals surface area contributed by atoms with Crippen LogP contribution in [0.4, 0.5) is 0 Å². The average molecular weight is 619 g/mol. The Morgan fingerprint density at radius 3 is 2.11 bits per heavy atom. The maximum Gasteiger partial charge on any atom is 0.244 e. The molecule has 0 aromatic rings. The average Bonchev–Trinajstić information content (AvgIpc) is 2.96. The summed E-state index contributed by atoms with van der Waals surface area (Å²) in [5.41, 5.74) is 10.8. The smallest absolute Gasteiger partial charge is 0.244 e. The summed E-state index contributed by atoms with van der Waals surface area (Å²) in [6.07, 6.45) is 8.40. The molecule has 0 radical (unpaired) electrons. The minimum Gasteiger partial charge on any atom is -0.370 e. The van der Waals surface area contributed by atoms with E-state index in [1.807, 2.05) is 13.8 Å². The van der Waals surface area contributed by atoms with Gasteiger partial charge in [-0.25, -0.2) is 0 Å². The first-order chi connectivity index (χ1) is 20.8. The molecule has 2 rings (SSSR count). The highest BCUT2D eigenvalue weighted by atomic mass is 16.2. The van der Waals surface area contributed by atoms with Gasteiger partial charge in [0.25, 0.3) is 0 Å². The van der Waals surface area contributed by atoms with Crippen molar-refractivity contribution in [2.45, 2.75) is 115 Å². The highest BCUT2D eigenvalue weighted by Crippen LogP contribution is 2.28. The zero-order valence-electron chi connectivity index (χ0n) is 26.0. The molecule has 1 fully saturated rings. The second-order valence-corrected chi connectivity index (χ2v) is 12.4. The van der Waals surface area contributed by atoms with Gasteiger partial charge in [-0.05, 0) is 56.4 Å². The molecule has 0 bridgehead atoms. The summed E-state index contributed by atoms with van der Waals surface area (Å²) in [6.45, 7) is 4.15. The molecule has 1 heterocycles. The number of rotatable bonds is 8. The number of ketones is 1. The summed E-state index contributed by atoms with van der Waals surface area (Å²) < 4.78 is 0. The maximum atomic E-state index is 13.7. The van der Waals surface area contributed by atoms with Crippen molar-refractivity contribution in [2.75, 3.05) is 6.54 Å². The number of hydrogen-bond donors (Lipinski definition) is 6. The van der Waals surface area contributed by atoms with Gasteiger partial charge < -0.3 is 32.7 Å². The van der Waals surface area contributed by atoms with Crippen LogP contribution in [0.5, 0.6) is 0 Å². The van der Waals surface area contributed by atoms with Gasteiger partial charge in [0.15, 0.2) is 5.78 Å². The van der Waals surface area contributed by atoms with Crippen LogP contribution in [-0.4, -0.2) is 65.9 Å². The van der Waals surface area contributed by atoms with E-state index in [0.29, 0.717) is 25.7 Å². The molecule has 6 amide bonds. The summed E-state index contributed by atoms with van der Waals surface area (Å²) in [5.74, 6) is -4.80. The second kappa shape index (κ2) is 18.8. The van der Waals surface area contributed by atoms with Crippen LogP contribution in [0, 0.1) is 17.8 Å². The van der Waals surface area contributed by atoms with E-state index in [2.05, 4.69) is 21.3 Å². The van der Waals surface area contributed by atoms with Gasteiger partial charge in [-0.15, -0.1) is 0 Å². The van der Waals surface area contributed by atoms with E-state index in [1.165, 1.54) is 0 Å². The number of carbonyl (C=O) groups is 7. The minimum absolute atomic E-state index is 0.0349. The van der Waals surface area contributed by atoms with Crippen LogP contribution in [0.1, 0.15) is 97.3 Å². The molecule has 0 aromatic heterocycles. The van der Waals surface area contributed by atoms with Gasteiger partial charge in [0.1, 0.15) is 18.1 Å². The van der Waals surface area contributed by atoms with Crippen LogP contribution >= 0.6 is 0 Å². The lowest BCUT2D eigenvalue weighted by molar-refractivity contribution is -0.135. The van der Waals surface area contributed by atoms with E-state index in [1.54, 1.807) is 0 Å². The monoisotopic (exact) mass is 618 g/mol. The molecule has 0 saturated heterocycles. The lowest BCUT2D eigenvalue weighted by Gasteiger charge is -2.29. The molecule has 13 nitrogen and oxygen atoms in total. The summed E-state index contributed by atoms with van der Waals surface area (Å²) in [6, 6.07) is -2.77. The van der Waals surface area contributed by atoms with Gasteiger partial charge in [0.2, 0.25) is 35.4 Å². The van der Waals surface area contributed by atoms with Gasteiger partial charge in [0, 0.05) is 31.4 Å². The Bertz CT molecular complexity index is 1070. The predicted octanol–water partition coefficient (Wildman–Crippen LogP) is 0.640. The third-order valence-electron chi connectivity index (χ3n) is 8.12. The van der Waals surface area contributed by atoms with Crippen molar-refractivity contribution < 1.29 is 33.6 Å². The Hall–Kier alpha value is -3.77. The molecule has 1 saturated carbocycles. The molecule has 0 aromatic carbocycles. The van der Waals surface area contributed by atoms with Crippen molar-refractivity contribution in [3.63, 3.8) is 0 Å². The molecule has 1 aliphatic heterocycles. The summed E-state index contributed by atoms with van der Waals surface area (Å²) >= 11 is 0. The first kappa shape index (κ1) is 36.4. The fourth-order valence-electron chi connectivity index (χ4n) is 5.69. The van der Waals surface area contributed by atoms with E-state index in [-0.39, 0.29) is 50.0 Å². The standard InChI is InChI=1S/C31H50N6O7/c1-19(2)16-24-30(43)34-15-7-6-10-23(28(33)41)35-27(40)14-12-22(38)18-21(11-13-26(32)39)29(42)36-25(31(44)37-24)17-20-8-4-3-5-9-20/h12,14,19-21,23-25H,3-11,13,15-18H2,1-2H3,(H2,32,39)(H2,33,41)(H,34,43)(H,35,40)(H,36,42)(H,37,44)/b14-12+/t21-,23+,24-,25+/m1/s1. The van der Waals surface area contributed by atoms with E-state index in [9.17, 15) is 33.6 Å². The Morgan fingerprint density at radius 2 is 1.48 bits per heavy atom. The maximum absolute atomic E-state index is 13.7. The Morgan fingerprint density at radius 1 is 0.818 bits per heavy atom. The highest BCUT2D eigenvalue weighted by Gasteiger charge is 2.32. The Kier molecular flexibility index (Phi) is 15.6. The van der Waals surface area contributed by atoms with Gasteiger partial charge in [-0.3, -0.25) is 33.6 Å². The third-order valence-corrected chi connectivity index (χ3v) is 8.12. The topological polar surface area (TPSA) is 220 Å². The largest absolute Gasteiger partial charge is 0.370 e. The SMILES string of the molecule is CC(C)C[C@H]1NC(=O)[C@H](CC2CCCCC2)NC(=O)[C@H](CCC(N)=O)CC(=O)/C=C/C(=O)N[C@H](C(N)=O)CCCCNC1=O. The first-order valence-electron chi connectivity index (χ1n) is 15.8. The number of carbonyl (C=O) groups excluding carboxylic acids is 7. The van der Waals surface area contributed by atoms with E-state index < -0.39 is 59.4 Å². The molecule has 4 atom stereocenters. The van der Waals surface area contributed by atoms with Crippen LogP contribution in [0.15, 0.2) is 12.2 Å². The molecule has 8 N–H and O–H groups in total. The number of amides is 6. The van der Waals surface area contributed by atoms with Gasteiger partial charge >= 0.3 is 0 Å². The summed E-state index contributed by atoms with van der Waals surface area (Å²) in [5, 5.41) is 11.0. The molecule has 44 heavy (non-hydrogen) atoms. The zero-order valence-corrected chi connectivity index (χ0v) is 26.0. The molecule has 246 valence electrons.